The third kappa shape index (κ3) is 4.17. The van der Waals surface area contributed by atoms with Crippen molar-refractivity contribution < 1.29 is 14.6 Å². The van der Waals surface area contributed by atoms with Gasteiger partial charge in [0, 0.05) is 30.2 Å². The number of imidazole rings is 1. The number of aliphatic hydroxyl groups is 1. The molecule has 7 heteroatoms. The van der Waals surface area contributed by atoms with Crippen molar-refractivity contribution in [3.05, 3.63) is 78.9 Å². The Kier molecular flexibility index (Phi) is 5.70. The summed E-state index contributed by atoms with van der Waals surface area (Å²) in [4.78, 5) is 23.2. The van der Waals surface area contributed by atoms with Crippen molar-refractivity contribution in [3.63, 3.8) is 0 Å². The van der Waals surface area contributed by atoms with Crippen LogP contribution in [0.3, 0.4) is 0 Å². The molecular formula is C28H28N4O3. The lowest BCUT2D eigenvalue weighted by Crippen LogP contribution is -2.43. The van der Waals surface area contributed by atoms with Gasteiger partial charge < -0.3 is 19.3 Å². The van der Waals surface area contributed by atoms with Crippen LogP contribution in [-0.2, 0) is 4.79 Å². The fourth-order valence-electron chi connectivity index (χ4n) is 5.51. The van der Waals surface area contributed by atoms with E-state index in [1.165, 1.54) is 11.1 Å². The van der Waals surface area contributed by atoms with Crippen molar-refractivity contribution in [1.29, 1.82) is 0 Å². The average molecular weight is 469 g/mol. The Hall–Kier alpha value is -3.71. The smallest absolute Gasteiger partial charge is 0.260 e. The fraction of sp³-hybridized carbons (Fsp3) is 0.321. The van der Waals surface area contributed by atoms with Crippen LogP contribution in [0.1, 0.15) is 30.9 Å². The second-order valence-electron chi connectivity index (χ2n) is 9.46. The first-order valence-corrected chi connectivity index (χ1v) is 12.2. The maximum Gasteiger partial charge on any atom is 0.260 e. The first kappa shape index (κ1) is 21.8. The highest BCUT2D eigenvalue weighted by Crippen LogP contribution is 2.42. The quantitative estimate of drug-likeness (QED) is 0.461. The molecule has 178 valence electrons. The molecule has 35 heavy (non-hydrogen) atoms. The Morgan fingerprint density at radius 3 is 2.86 bits per heavy atom. The molecule has 2 aliphatic rings. The Morgan fingerprint density at radius 1 is 1.11 bits per heavy atom. The van der Waals surface area contributed by atoms with E-state index in [0.717, 1.165) is 29.4 Å². The maximum atomic E-state index is 12.8. The Morgan fingerprint density at radius 2 is 1.97 bits per heavy atom. The van der Waals surface area contributed by atoms with E-state index >= 15 is 0 Å². The number of piperidine rings is 1. The van der Waals surface area contributed by atoms with Crippen LogP contribution in [-0.4, -0.2) is 56.2 Å². The Labute approximate surface area is 204 Å². The third-order valence-electron chi connectivity index (χ3n) is 7.44. The van der Waals surface area contributed by atoms with E-state index < -0.39 is 6.10 Å². The number of aliphatic hydroxyl groups excluding tert-OH is 1. The van der Waals surface area contributed by atoms with Crippen molar-refractivity contribution in [2.24, 2.45) is 5.92 Å². The van der Waals surface area contributed by atoms with Crippen LogP contribution < -0.4 is 4.74 Å². The molecule has 1 amide bonds. The van der Waals surface area contributed by atoms with Crippen LogP contribution in [0.2, 0.25) is 0 Å². The number of pyridine rings is 1. The molecule has 4 heterocycles. The van der Waals surface area contributed by atoms with Gasteiger partial charge in [-0.3, -0.25) is 9.78 Å². The van der Waals surface area contributed by atoms with Crippen LogP contribution in [0.25, 0.3) is 22.2 Å². The van der Waals surface area contributed by atoms with Gasteiger partial charge in [0.15, 0.2) is 6.61 Å². The van der Waals surface area contributed by atoms with Crippen LogP contribution in [0.15, 0.2) is 73.3 Å². The maximum absolute atomic E-state index is 12.8. The minimum Gasteiger partial charge on any atom is -0.484 e. The number of rotatable bonds is 6. The molecule has 0 aliphatic carbocycles. The van der Waals surface area contributed by atoms with Gasteiger partial charge in [-0.15, -0.1) is 0 Å². The third-order valence-corrected chi connectivity index (χ3v) is 7.44. The molecule has 0 radical (unpaired) electrons. The normalized spacial score (nSPS) is 18.3. The molecular weight excluding hydrogens is 440 g/mol. The van der Waals surface area contributed by atoms with Crippen molar-refractivity contribution in [3.8, 4) is 17.0 Å². The van der Waals surface area contributed by atoms with Crippen molar-refractivity contribution in [1.82, 2.24) is 19.4 Å². The first-order chi connectivity index (χ1) is 17.2. The topological polar surface area (TPSA) is 80.5 Å². The molecule has 4 aromatic rings. The summed E-state index contributed by atoms with van der Waals surface area (Å²) in [6.07, 6.45) is 7.32. The molecule has 0 bridgehead atoms. The zero-order valence-electron chi connectivity index (χ0n) is 19.5. The SMILES string of the molecule is O=C(COc1ccc2ncccc2c1)N1CCC(C(O)CC2c3ccccc3-c3cncn32)CC1. The fourth-order valence-corrected chi connectivity index (χ4v) is 5.51. The average Bonchev–Trinajstić information content (AvgIpc) is 3.50. The van der Waals surface area contributed by atoms with Gasteiger partial charge in [0.25, 0.3) is 5.91 Å². The number of nitrogens with zero attached hydrogens (tertiary/aromatic N) is 4. The Balaban J connectivity index is 1.03. The summed E-state index contributed by atoms with van der Waals surface area (Å²) in [6, 6.07) is 18.0. The van der Waals surface area contributed by atoms with Crippen molar-refractivity contribution in [2.75, 3.05) is 19.7 Å². The summed E-state index contributed by atoms with van der Waals surface area (Å²) < 4.78 is 7.95. The number of carbonyl (C=O) groups excluding carboxylic acids is 1. The molecule has 2 aliphatic heterocycles. The van der Waals surface area contributed by atoms with Gasteiger partial charge in [0.2, 0.25) is 0 Å². The minimum absolute atomic E-state index is 0.0151. The van der Waals surface area contributed by atoms with E-state index in [1.54, 1.807) is 6.20 Å². The van der Waals surface area contributed by atoms with Gasteiger partial charge in [0.1, 0.15) is 5.75 Å². The highest BCUT2D eigenvalue weighted by atomic mass is 16.5. The number of carbonyl (C=O) groups is 1. The molecule has 1 N–H and O–H groups in total. The van der Waals surface area contributed by atoms with Crippen molar-refractivity contribution in [2.45, 2.75) is 31.4 Å². The molecule has 2 atom stereocenters. The number of likely N-dealkylation sites (tertiary alicyclic amines) is 1. The molecule has 7 nitrogen and oxygen atoms in total. The number of ether oxygens (including phenoxy) is 1. The lowest BCUT2D eigenvalue weighted by Gasteiger charge is -2.35. The zero-order chi connectivity index (χ0) is 23.8. The molecule has 2 aromatic heterocycles. The molecule has 0 spiro atoms. The van der Waals surface area contributed by atoms with E-state index in [4.69, 9.17) is 4.74 Å². The monoisotopic (exact) mass is 468 g/mol. The van der Waals surface area contributed by atoms with Gasteiger partial charge >= 0.3 is 0 Å². The van der Waals surface area contributed by atoms with Crippen molar-refractivity contribution >= 4 is 16.8 Å². The summed E-state index contributed by atoms with van der Waals surface area (Å²) in [5.74, 6) is 0.824. The lowest BCUT2D eigenvalue weighted by molar-refractivity contribution is -0.135. The van der Waals surface area contributed by atoms with Crippen LogP contribution in [0.4, 0.5) is 0 Å². The van der Waals surface area contributed by atoms with Gasteiger partial charge in [-0.25, -0.2) is 4.98 Å². The summed E-state index contributed by atoms with van der Waals surface area (Å²) in [7, 11) is 0. The Bertz CT molecular complexity index is 1360. The van der Waals surface area contributed by atoms with E-state index in [-0.39, 0.29) is 24.5 Å². The number of aromatic nitrogens is 3. The summed E-state index contributed by atoms with van der Waals surface area (Å²) in [5.41, 5.74) is 4.46. The van der Waals surface area contributed by atoms with Gasteiger partial charge in [0.05, 0.1) is 35.9 Å². The number of hydrogen-bond donors (Lipinski definition) is 1. The van der Waals surface area contributed by atoms with Crippen LogP contribution in [0, 0.1) is 5.92 Å². The molecule has 6 rings (SSSR count). The van der Waals surface area contributed by atoms with Crippen LogP contribution >= 0.6 is 0 Å². The molecule has 1 fully saturated rings. The number of fused-ring (bicyclic) bond motifs is 4. The molecule has 2 aromatic carbocycles. The lowest BCUT2D eigenvalue weighted by atomic mass is 9.86. The summed E-state index contributed by atoms with van der Waals surface area (Å²) in [6.45, 7) is 1.30. The van der Waals surface area contributed by atoms with Gasteiger partial charge in [-0.1, -0.05) is 30.3 Å². The predicted molar refractivity (Wildman–Crippen MR) is 133 cm³/mol. The largest absolute Gasteiger partial charge is 0.484 e. The van der Waals surface area contributed by atoms with Gasteiger partial charge in [-0.2, -0.15) is 0 Å². The number of amides is 1. The standard InChI is InChI=1S/C28H28N4O3/c33-27(15-25-22-5-1-2-6-23(22)26-16-29-18-32(25)26)19-9-12-31(13-10-19)28(34)17-35-21-7-8-24-20(14-21)4-3-11-30-24/h1-8,11,14,16,18-19,25,27,33H,9-10,12-13,15,17H2. The second-order valence-corrected chi connectivity index (χ2v) is 9.46. The zero-order valence-corrected chi connectivity index (χ0v) is 19.5. The molecule has 0 saturated carbocycles. The first-order valence-electron chi connectivity index (χ1n) is 12.2. The predicted octanol–water partition coefficient (Wildman–Crippen LogP) is 4.07. The minimum atomic E-state index is -0.430. The molecule has 1 saturated heterocycles. The van der Waals surface area contributed by atoms with E-state index in [2.05, 4.69) is 32.7 Å². The number of benzene rings is 2. The van der Waals surface area contributed by atoms with E-state index in [0.29, 0.717) is 25.3 Å². The second kappa shape index (κ2) is 9.15. The summed E-state index contributed by atoms with van der Waals surface area (Å²) >= 11 is 0. The van der Waals surface area contributed by atoms with Gasteiger partial charge in [-0.05, 0) is 55.0 Å². The number of hydrogen-bond acceptors (Lipinski definition) is 5. The van der Waals surface area contributed by atoms with Crippen LogP contribution in [0.5, 0.6) is 5.75 Å². The highest BCUT2D eigenvalue weighted by molar-refractivity contribution is 5.80. The van der Waals surface area contributed by atoms with E-state index in [1.807, 2.05) is 53.8 Å². The molecule has 2 unspecified atom stereocenters. The highest BCUT2D eigenvalue weighted by Gasteiger charge is 2.34. The summed E-state index contributed by atoms with van der Waals surface area (Å²) in [5, 5.41) is 12.1. The van der Waals surface area contributed by atoms with E-state index in [9.17, 15) is 9.90 Å².